The summed E-state index contributed by atoms with van der Waals surface area (Å²) in [5.41, 5.74) is 2.39. The summed E-state index contributed by atoms with van der Waals surface area (Å²) < 4.78 is 27.9. The van der Waals surface area contributed by atoms with E-state index in [1.807, 2.05) is 13.8 Å². The van der Waals surface area contributed by atoms with E-state index in [-0.39, 0.29) is 6.54 Å². The van der Waals surface area contributed by atoms with Crippen LogP contribution in [-0.2, 0) is 21.2 Å². The molecule has 1 heterocycles. The van der Waals surface area contributed by atoms with Gasteiger partial charge in [-0.25, -0.2) is 8.42 Å². The second-order valence-electron chi connectivity index (χ2n) is 4.74. The highest BCUT2D eigenvalue weighted by molar-refractivity contribution is 7.92. The molecule has 0 aromatic carbocycles. The van der Waals surface area contributed by atoms with Crippen LogP contribution in [0.15, 0.2) is 6.20 Å². The Hall–Kier alpha value is -1.63. The second kappa shape index (κ2) is 6.21. The summed E-state index contributed by atoms with van der Waals surface area (Å²) in [6.07, 6.45) is 2.70. The molecule has 0 aliphatic heterocycles. The Bertz CT molecular complexity index is 611. The third kappa shape index (κ3) is 3.69. The summed E-state index contributed by atoms with van der Waals surface area (Å²) in [7, 11) is -1.82. The van der Waals surface area contributed by atoms with Crippen molar-refractivity contribution in [2.75, 3.05) is 13.4 Å². The van der Waals surface area contributed by atoms with E-state index in [0.29, 0.717) is 5.69 Å². The Balaban J connectivity index is 2.84. The van der Waals surface area contributed by atoms with Gasteiger partial charge in [0.05, 0.1) is 19.3 Å². The van der Waals surface area contributed by atoms with Crippen LogP contribution >= 0.6 is 0 Å². The number of aryl methyl sites for hydroxylation is 1. The van der Waals surface area contributed by atoms with Crippen molar-refractivity contribution in [1.29, 1.82) is 0 Å². The zero-order valence-electron chi connectivity index (χ0n) is 12.4. The first kappa shape index (κ1) is 16.4. The summed E-state index contributed by atoms with van der Waals surface area (Å²) in [4.78, 5) is 16.0. The van der Waals surface area contributed by atoms with Gasteiger partial charge in [0.15, 0.2) is 9.84 Å². The fraction of sp³-hybridized carbons (Fsp3) is 0.538. The van der Waals surface area contributed by atoms with E-state index < -0.39 is 21.0 Å². The lowest BCUT2D eigenvalue weighted by molar-refractivity contribution is -0.120. The van der Waals surface area contributed by atoms with Gasteiger partial charge in [-0.2, -0.15) is 0 Å². The second-order valence-corrected chi connectivity index (χ2v) is 7.10. The molecule has 7 heteroatoms. The predicted molar refractivity (Wildman–Crippen MR) is 76.4 cm³/mol. The topological polar surface area (TPSA) is 85.4 Å². The lowest BCUT2D eigenvalue weighted by atomic mass is 10.1. The van der Waals surface area contributed by atoms with Crippen LogP contribution in [0.5, 0.6) is 5.75 Å². The highest BCUT2D eigenvalue weighted by atomic mass is 32.2. The average Bonchev–Trinajstić information content (AvgIpc) is 2.36. The van der Waals surface area contributed by atoms with Gasteiger partial charge < -0.3 is 10.1 Å². The molecule has 1 rings (SSSR count). The number of carbonyl (C=O) groups excluding carboxylic acids is 1. The maximum Gasteiger partial charge on any atom is 0.238 e. The molecule has 1 aromatic heterocycles. The van der Waals surface area contributed by atoms with Crippen LogP contribution < -0.4 is 10.1 Å². The Labute approximate surface area is 119 Å². The van der Waals surface area contributed by atoms with Crippen molar-refractivity contribution in [1.82, 2.24) is 10.3 Å². The fourth-order valence-electron chi connectivity index (χ4n) is 1.76. The van der Waals surface area contributed by atoms with Gasteiger partial charge in [0.2, 0.25) is 5.91 Å². The van der Waals surface area contributed by atoms with Gasteiger partial charge in [-0.1, -0.05) is 0 Å². The summed E-state index contributed by atoms with van der Waals surface area (Å²) in [6.45, 7) is 5.26. The first-order valence-corrected chi connectivity index (χ1v) is 8.09. The number of rotatable bonds is 5. The van der Waals surface area contributed by atoms with Crippen molar-refractivity contribution in [3.8, 4) is 5.75 Å². The average molecular weight is 300 g/mol. The van der Waals surface area contributed by atoms with Crippen molar-refractivity contribution in [2.24, 2.45) is 0 Å². The molecule has 1 unspecified atom stereocenters. The lowest BCUT2D eigenvalue weighted by Crippen LogP contribution is -2.37. The largest absolute Gasteiger partial charge is 0.496 e. The quantitative estimate of drug-likeness (QED) is 0.867. The Morgan fingerprint density at radius 2 is 2.05 bits per heavy atom. The Morgan fingerprint density at radius 3 is 2.55 bits per heavy atom. The van der Waals surface area contributed by atoms with Crippen molar-refractivity contribution in [2.45, 2.75) is 32.6 Å². The van der Waals surface area contributed by atoms with Crippen LogP contribution in [0.3, 0.4) is 0 Å². The molecule has 1 N–H and O–H groups in total. The summed E-state index contributed by atoms with van der Waals surface area (Å²) >= 11 is 0. The van der Waals surface area contributed by atoms with Gasteiger partial charge in [-0.15, -0.1) is 0 Å². The summed E-state index contributed by atoms with van der Waals surface area (Å²) in [5, 5.41) is 1.51. The molecular formula is C13H20N2O4S. The highest BCUT2D eigenvalue weighted by Gasteiger charge is 2.23. The number of sulfone groups is 1. The molecule has 0 bridgehead atoms. The van der Waals surface area contributed by atoms with E-state index in [4.69, 9.17) is 4.74 Å². The van der Waals surface area contributed by atoms with E-state index in [9.17, 15) is 13.2 Å². The van der Waals surface area contributed by atoms with Crippen molar-refractivity contribution >= 4 is 15.7 Å². The minimum absolute atomic E-state index is 0.168. The van der Waals surface area contributed by atoms with Gasteiger partial charge in [0, 0.05) is 23.6 Å². The number of methoxy groups -OCH3 is 1. The predicted octanol–water partition coefficient (Wildman–Crippen LogP) is 0.756. The molecule has 1 atom stereocenters. The molecular weight excluding hydrogens is 280 g/mol. The SMILES string of the molecule is COc1c(C)cnc(CNC(=O)C(C)S(C)(=O)=O)c1C. The molecule has 0 saturated carbocycles. The van der Waals surface area contributed by atoms with E-state index in [1.54, 1.807) is 13.3 Å². The third-order valence-electron chi connectivity index (χ3n) is 3.19. The molecule has 0 aliphatic carbocycles. The number of pyridine rings is 1. The number of carbonyl (C=O) groups is 1. The van der Waals surface area contributed by atoms with Crippen LogP contribution in [-0.4, -0.2) is 37.9 Å². The van der Waals surface area contributed by atoms with E-state index in [2.05, 4.69) is 10.3 Å². The van der Waals surface area contributed by atoms with Crippen molar-refractivity contribution in [3.63, 3.8) is 0 Å². The molecule has 0 spiro atoms. The van der Waals surface area contributed by atoms with Gasteiger partial charge in [0.1, 0.15) is 11.0 Å². The van der Waals surface area contributed by atoms with Gasteiger partial charge >= 0.3 is 0 Å². The molecule has 0 fully saturated rings. The lowest BCUT2D eigenvalue weighted by Gasteiger charge is -2.14. The molecule has 112 valence electrons. The van der Waals surface area contributed by atoms with E-state index >= 15 is 0 Å². The van der Waals surface area contributed by atoms with E-state index in [0.717, 1.165) is 23.1 Å². The first-order chi connectivity index (χ1) is 9.18. The van der Waals surface area contributed by atoms with Gasteiger partial charge in [-0.3, -0.25) is 9.78 Å². The number of nitrogens with zero attached hydrogens (tertiary/aromatic N) is 1. The number of aromatic nitrogens is 1. The molecule has 6 nitrogen and oxygen atoms in total. The van der Waals surface area contributed by atoms with Crippen LogP contribution in [0, 0.1) is 13.8 Å². The van der Waals surface area contributed by atoms with Gasteiger partial charge in [-0.05, 0) is 20.8 Å². The van der Waals surface area contributed by atoms with Crippen LogP contribution in [0.25, 0.3) is 0 Å². The first-order valence-electron chi connectivity index (χ1n) is 6.14. The van der Waals surface area contributed by atoms with Crippen LogP contribution in [0.2, 0.25) is 0 Å². The molecule has 1 amide bonds. The molecule has 1 aromatic rings. The zero-order valence-corrected chi connectivity index (χ0v) is 13.2. The minimum Gasteiger partial charge on any atom is -0.496 e. The van der Waals surface area contributed by atoms with Gasteiger partial charge in [0.25, 0.3) is 0 Å². The molecule has 0 radical (unpaired) electrons. The number of hydrogen-bond acceptors (Lipinski definition) is 5. The van der Waals surface area contributed by atoms with Crippen molar-refractivity contribution in [3.05, 3.63) is 23.0 Å². The van der Waals surface area contributed by atoms with Crippen LogP contribution in [0.4, 0.5) is 0 Å². The standard InChI is InChI=1S/C13H20N2O4S/c1-8-6-14-11(9(2)12(8)19-4)7-15-13(16)10(3)20(5,17)18/h6,10H,7H2,1-5H3,(H,15,16). The number of hydrogen-bond donors (Lipinski definition) is 1. The smallest absolute Gasteiger partial charge is 0.238 e. The zero-order chi connectivity index (χ0) is 15.5. The van der Waals surface area contributed by atoms with Crippen LogP contribution in [0.1, 0.15) is 23.7 Å². The highest BCUT2D eigenvalue weighted by Crippen LogP contribution is 2.23. The minimum atomic E-state index is -3.39. The maximum absolute atomic E-state index is 11.7. The third-order valence-corrected chi connectivity index (χ3v) is 4.69. The Kier molecular flexibility index (Phi) is 5.10. The normalized spacial score (nSPS) is 12.8. The van der Waals surface area contributed by atoms with Crippen molar-refractivity contribution < 1.29 is 17.9 Å². The number of amides is 1. The summed E-state index contributed by atoms with van der Waals surface area (Å²) in [5.74, 6) is 0.189. The monoisotopic (exact) mass is 300 g/mol. The number of ether oxygens (including phenoxy) is 1. The Morgan fingerprint density at radius 1 is 1.45 bits per heavy atom. The molecule has 20 heavy (non-hydrogen) atoms. The number of nitrogens with one attached hydrogen (secondary N) is 1. The van der Waals surface area contributed by atoms with E-state index in [1.165, 1.54) is 6.92 Å². The fourth-order valence-corrected chi connectivity index (χ4v) is 2.23. The maximum atomic E-state index is 11.7. The summed E-state index contributed by atoms with van der Waals surface area (Å²) in [6, 6.07) is 0. The molecule has 0 aliphatic rings. The molecule has 0 saturated heterocycles.